The second kappa shape index (κ2) is 8.29. The van der Waals surface area contributed by atoms with Crippen molar-refractivity contribution in [2.45, 2.75) is 39.2 Å². The Kier molecular flexibility index (Phi) is 7.04. The maximum atomic E-state index is 14.0. The number of hydrogen-bond donors (Lipinski definition) is 1. The zero-order valence-electron chi connectivity index (χ0n) is 11.2. The van der Waals surface area contributed by atoms with Crippen LogP contribution in [-0.2, 0) is 0 Å². The fourth-order valence-electron chi connectivity index (χ4n) is 1.89. The van der Waals surface area contributed by atoms with Crippen molar-refractivity contribution in [2.75, 3.05) is 6.54 Å². The van der Waals surface area contributed by atoms with Gasteiger partial charge in [-0.15, -0.1) is 11.8 Å². The summed E-state index contributed by atoms with van der Waals surface area (Å²) in [6.07, 6.45) is 2.12. The van der Waals surface area contributed by atoms with Crippen LogP contribution in [0.25, 0.3) is 0 Å². The molecule has 19 heavy (non-hydrogen) atoms. The van der Waals surface area contributed by atoms with Gasteiger partial charge in [0, 0.05) is 22.5 Å². The summed E-state index contributed by atoms with van der Waals surface area (Å²) in [7, 11) is 0. The molecule has 104 valence electrons. The molecule has 0 spiro atoms. The molecule has 1 nitrogen and oxygen atoms in total. The highest BCUT2D eigenvalue weighted by atomic mass is 79.9. The van der Waals surface area contributed by atoms with Crippen LogP contribution in [0.15, 0.2) is 16.6 Å². The van der Waals surface area contributed by atoms with Crippen LogP contribution in [0.5, 0.6) is 0 Å². The Morgan fingerprint density at radius 1 is 1.32 bits per heavy atom. The number of benzene rings is 1. The average molecular weight is 330 g/mol. The molecule has 1 aromatic rings. The summed E-state index contributed by atoms with van der Waals surface area (Å²) in [5.41, 5.74) is 0.106. The van der Waals surface area contributed by atoms with E-state index in [4.69, 9.17) is 0 Å². The van der Waals surface area contributed by atoms with E-state index in [1.807, 2.05) is 6.92 Å². The molecular formula is C15H18BrF2N. The summed E-state index contributed by atoms with van der Waals surface area (Å²) in [4.78, 5) is 0. The molecule has 0 aliphatic heterocycles. The molecule has 0 aliphatic rings. The molecule has 1 rings (SSSR count). The van der Waals surface area contributed by atoms with E-state index >= 15 is 0 Å². The van der Waals surface area contributed by atoms with Gasteiger partial charge in [0.05, 0.1) is 0 Å². The molecular weight excluding hydrogens is 312 g/mol. The van der Waals surface area contributed by atoms with Gasteiger partial charge in [0.25, 0.3) is 0 Å². The Bertz CT molecular complexity index is 454. The van der Waals surface area contributed by atoms with Gasteiger partial charge in [-0.1, -0.05) is 22.9 Å². The standard InChI is InChI=1S/C15H18BrF2N/c1-3-5-6-7-14(19-8-4-2)15-12(17)9-11(16)10-13(15)18/h9-10,14,19H,4,6-8H2,1-2H3. The van der Waals surface area contributed by atoms with E-state index in [2.05, 4.69) is 33.1 Å². The molecule has 4 heteroatoms. The van der Waals surface area contributed by atoms with Gasteiger partial charge in [0.1, 0.15) is 11.6 Å². The van der Waals surface area contributed by atoms with Crippen molar-refractivity contribution < 1.29 is 8.78 Å². The molecule has 0 saturated heterocycles. The van der Waals surface area contributed by atoms with Crippen LogP contribution in [0.4, 0.5) is 8.78 Å². The molecule has 1 atom stereocenters. The van der Waals surface area contributed by atoms with E-state index in [0.29, 0.717) is 17.3 Å². The zero-order valence-corrected chi connectivity index (χ0v) is 12.8. The van der Waals surface area contributed by atoms with Crippen LogP contribution in [0.1, 0.15) is 44.7 Å². The third-order valence-corrected chi connectivity index (χ3v) is 3.23. The van der Waals surface area contributed by atoms with E-state index in [1.54, 1.807) is 6.92 Å². The van der Waals surface area contributed by atoms with Crippen molar-refractivity contribution in [1.29, 1.82) is 0 Å². The Balaban J connectivity index is 2.97. The van der Waals surface area contributed by atoms with Gasteiger partial charge in [0.2, 0.25) is 0 Å². The third kappa shape index (κ3) is 4.93. The fraction of sp³-hybridized carbons (Fsp3) is 0.467. The van der Waals surface area contributed by atoms with E-state index in [0.717, 1.165) is 13.0 Å². The largest absolute Gasteiger partial charge is 0.310 e. The molecule has 1 unspecified atom stereocenters. The lowest BCUT2D eigenvalue weighted by Gasteiger charge is -2.19. The van der Waals surface area contributed by atoms with Gasteiger partial charge < -0.3 is 5.32 Å². The van der Waals surface area contributed by atoms with Crippen LogP contribution in [0, 0.1) is 23.5 Å². The average Bonchev–Trinajstić information content (AvgIpc) is 2.34. The zero-order chi connectivity index (χ0) is 14.3. The molecule has 0 heterocycles. The second-order valence-electron chi connectivity index (χ2n) is 4.26. The predicted octanol–water partition coefficient (Wildman–Crippen LogP) is 4.57. The van der Waals surface area contributed by atoms with E-state index < -0.39 is 11.6 Å². The van der Waals surface area contributed by atoms with E-state index in [1.165, 1.54) is 12.1 Å². The summed E-state index contributed by atoms with van der Waals surface area (Å²) in [6.45, 7) is 4.50. The first-order valence-electron chi connectivity index (χ1n) is 6.37. The fourth-order valence-corrected chi connectivity index (χ4v) is 2.30. The van der Waals surface area contributed by atoms with Gasteiger partial charge in [0.15, 0.2) is 0 Å². The Labute approximate surface area is 121 Å². The Hall–Kier alpha value is -0.920. The lowest BCUT2D eigenvalue weighted by atomic mass is 10.0. The first kappa shape index (κ1) is 16.1. The van der Waals surface area contributed by atoms with Crippen LogP contribution in [0.3, 0.4) is 0 Å². The number of hydrogen-bond acceptors (Lipinski definition) is 1. The maximum absolute atomic E-state index is 14.0. The van der Waals surface area contributed by atoms with Crippen LogP contribution >= 0.6 is 15.9 Å². The van der Waals surface area contributed by atoms with Gasteiger partial charge >= 0.3 is 0 Å². The molecule has 0 bridgehead atoms. The highest BCUT2D eigenvalue weighted by Crippen LogP contribution is 2.27. The summed E-state index contributed by atoms with van der Waals surface area (Å²) in [5, 5.41) is 3.18. The van der Waals surface area contributed by atoms with Gasteiger partial charge in [-0.2, -0.15) is 0 Å². The molecule has 0 radical (unpaired) electrons. The minimum atomic E-state index is -0.523. The minimum Gasteiger partial charge on any atom is -0.310 e. The number of nitrogens with one attached hydrogen (secondary N) is 1. The summed E-state index contributed by atoms with van der Waals surface area (Å²) < 4.78 is 28.3. The Morgan fingerprint density at radius 3 is 2.47 bits per heavy atom. The van der Waals surface area contributed by atoms with Crippen molar-refractivity contribution in [1.82, 2.24) is 5.32 Å². The van der Waals surface area contributed by atoms with Gasteiger partial charge in [-0.05, 0) is 38.4 Å². The normalized spacial score (nSPS) is 11.8. The lowest BCUT2D eigenvalue weighted by molar-refractivity contribution is 0.449. The highest BCUT2D eigenvalue weighted by molar-refractivity contribution is 9.10. The third-order valence-electron chi connectivity index (χ3n) is 2.77. The number of halogens is 3. The monoisotopic (exact) mass is 329 g/mol. The SMILES string of the molecule is CC#CCCC(NCCC)c1c(F)cc(Br)cc1F. The molecule has 1 aromatic carbocycles. The van der Waals surface area contributed by atoms with Crippen molar-refractivity contribution in [3.63, 3.8) is 0 Å². The molecule has 0 fully saturated rings. The van der Waals surface area contributed by atoms with Crippen molar-refractivity contribution >= 4 is 15.9 Å². The molecule has 1 N–H and O–H groups in total. The van der Waals surface area contributed by atoms with Crippen LogP contribution < -0.4 is 5.32 Å². The van der Waals surface area contributed by atoms with E-state index in [9.17, 15) is 8.78 Å². The van der Waals surface area contributed by atoms with Gasteiger partial charge in [-0.25, -0.2) is 8.78 Å². The summed E-state index contributed by atoms with van der Waals surface area (Å²) in [5.74, 6) is 4.68. The number of rotatable bonds is 6. The first-order chi connectivity index (χ1) is 9.10. The maximum Gasteiger partial charge on any atom is 0.132 e. The molecule has 0 aliphatic carbocycles. The Morgan fingerprint density at radius 2 is 1.95 bits per heavy atom. The van der Waals surface area contributed by atoms with Crippen molar-refractivity contribution in [3.8, 4) is 11.8 Å². The quantitative estimate of drug-likeness (QED) is 0.754. The lowest BCUT2D eigenvalue weighted by Crippen LogP contribution is -2.24. The van der Waals surface area contributed by atoms with Crippen molar-refractivity contribution in [3.05, 3.63) is 33.8 Å². The summed E-state index contributed by atoms with van der Waals surface area (Å²) >= 11 is 3.09. The second-order valence-corrected chi connectivity index (χ2v) is 5.17. The molecule has 0 aromatic heterocycles. The van der Waals surface area contributed by atoms with E-state index in [-0.39, 0.29) is 11.6 Å². The minimum absolute atomic E-state index is 0.106. The first-order valence-corrected chi connectivity index (χ1v) is 7.16. The molecule has 0 amide bonds. The topological polar surface area (TPSA) is 12.0 Å². The summed E-state index contributed by atoms with van der Waals surface area (Å²) in [6, 6.07) is 2.25. The van der Waals surface area contributed by atoms with Gasteiger partial charge in [-0.3, -0.25) is 0 Å². The van der Waals surface area contributed by atoms with Crippen LogP contribution in [-0.4, -0.2) is 6.54 Å². The smallest absolute Gasteiger partial charge is 0.132 e. The highest BCUT2D eigenvalue weighted by Gasteiger charge is 2.20. The van der Waals surface area contributed by atoms with Crippen molar-refractivity contribution in [2.24, 2.45) is 0 Å². The molecule has 0 saturated carbocycles. The predicted molar refractivity (Wildman–Crippen MR) is 77.8 cm³/mol. The van der Waals surface area contributed by atoms with Crippen LogP contribution in [0.2, 0.25) is 0 Å².